The van der Waals surface area contributed by atoms with Crippen LogP contribution in [0.3, 0.4) is 0 Å². The van der Waals surface area contributed by atoms with Crippen molar-refractivity contribution in [1.29, 1.82) is 0 Å². The molecular weight excluding hydrogens is 188 g/mol. The fourth-order valence-electron chi connectivity index (χ4n) is 1.64. The van der Waals surface area contributed by atoms with Crippen LogP contribution in [0.4, 0.5) is 5.82 Å². The summed E-state index contributed by atoms with van der Waals surface area (Å²) in [7, 11) is 3.53. The first-order valence-corrected chi connectivity index (χ1v) is 4.87. The van der Waals surface area contributed by atoms with Crippen molar-refractivity contribution in [3.63, 3.8) is 0 Å². The molecule has 0 amide bonds. The van der Waals surface area contributed by atoms with Gasteiger partial charge in [-0.15, -0.1) is 0 Å². The highest BCUT2D eigenvalue weighted by molar-refractivity contribution is 5.85. The normalized spacial score (nSPS) is 10.3. The molecule has 0 radical (unpaired) electrons. The predicted molar refractivity (Wildman–Crippen MR) is 62.6 cm³/mol. The van der Waals surface area contributed by atoms with Crippen LogP contribution in [0.1, 0.15) is 5.56 Å². The maximum absolute atomic E-state index is 5.18. The molecule has 15 heavy (non-hydrogen) atoms. The van der Waals surface area contributed by atoms with Gasteiger partial charge in [-0.25, -0.2) is 4.98 Å². The summed E-state index contributed by atoms with van der Waals surface area (Å²) in [6, 6.07) is 7.98. The molecule has 0 unspecified atom stereocenters. The fourth-order valence-corrected chi connectivity index (χ4v) is 1.64. The van der Waals surface area contributed by atoms with Crippen molar-refractivity contribution in [2.45, 2.75) is 6.92 Å². The monoisotopic (exact) mass is 202 g/mol. The minimum atomic E-state index is 0.836. The molecule has 2 aromatic rings. The summed E-state index contributed by atoms with van der Waals surface area (Å²) >= 11 is 0. The maximum atomic E-state index is 5.18. The number of aromatic nitrogens is 1. The topological polar surface area (TPSA) is 34.1 Å². The minimum absolute atomic E-state index is 0.836. The Hall–Kier alpha value is -1.77. The maximum Gasteiger partial charge on any atom is 0.126 e. The highest BCUT2D eigenvalue weighted by Crippen LogP contribution is 2.23. The van der Waals surface area contributed by atoms with Gasteiger partial charge in [0.1, 0.15) is 11.6 Å². The average molecular weight is 202 g/mol. The highest BCUT2D eigenvalue weighted by atomic mass is 16.5. The Bertz CT molecular complexity index is 489. The van der Waals surface area contributed by atoms with Crippen LogP contribution in [0.2, 0.25) is 0 Å². The van der Waals surface area contributed by atoms with E-state index in [1.165, 1.54) is 5.56 Å². The van der Waals surface area contributed by atoms with Gasteiger partial charge in [-0.3, -0.25) is 0 Å². The summed E-state index contributed by atoms with van der Waals surface area (Å²) in [6.45, 7) is 2.08. The van der Waals surface area contributed by atoms with Gasteiger partial charge < -0.3 is 10.1 Å². The Balaban J connectivity index is 2.69. The predicted octanol–water partition coefficient (Wildman–Crippen LogP) is 2.59. The van der Waals surface area contributed by atoms with E-state index in [4.69, 9.17) is 4.74 Å². The molecule has 0 aliphatic rings. The average Bonchev–Trinajstić information content (AvgIpc) is 2.28. The van der Waals surface area contributed by atoms with Gasteiger partial charge in [0, 0.05) is 18.5 Å². The van der Waals surface area contributed by atoms with Gasteiger partial charge in [-0.2, -0.15) is 0 Å². The second-order valence-electron chi connectivity index (χ2n) is 3.46. The molecule has 0 saturated carbocycles. The molecule has 1 aromatic carbocycles. The highest BCUT2D eigenvalue weighted by Gasteiger charge is 2.02. The summed E-state index contributed by atoms with van der Waals surface area (Å²) in [5, 5.41) is 4.21. The number of benzene rings is 1. The van der Waals surface area contributed by atoms with Crippen molar-refractivity contribution in [3.05, 3.63) is 29.8 Å². The number of ether oxygens (including phenoxy) is 1. The third-order valence-corrected chi connectivity index (χ3v) is 2.48. The molecule has 0 bridgehead atoms. The number of hydrogen-bond acceptors (Lipinski definition) is 3. The number of nitrogens with one attached hydrogen (secondary N) is 1. The van der Waals surface area contributed by atoms with Gasteiger partial charge in [0.25, 0.3) is 0 Å². The SMILES string of the molecule is CNc1cc(C)c2ccc(OC)cc2n1. The fraction of sp³-hybridized carbons (Fsp3) is 0.250. The van der Waals surface area contributed by atoms with E-state index in [9.17, 15) is 0 Å². The van der Waals surface area contributed by atoms with E-state index in [0.29, 0.717) is 0 Å². The van der Waals surface area contributed by atoms with E-state index in [-0.39, 0.29) is 0 Å². The van der Waals surface area contributed by atoms with Crippen LogP contribution in [0.5, 0.6) is 5.75 Å². The minimum Gasteiger partial charge on any atom is -0.497 e. The number of anilines is 1. The zero-order valence-corrected chi connectivity index (χ0v) is 9.16. The smallest absolute Gasteiger partial charge is 0.126 e. The summed E-state index contributed by atoms with van der Waals surface area (Å²) in [5.74, 6) is 1.72. The largest absolute Gasteiger partial charge is 0.497 e. The quantitative estimate of drug-likeness (QED) is 0.812. The molecule has 0 atom stereocenters. The molecule has 1 N–H and O–H groups in total. The van der Waals surface area contributed by atoms with E-state index in [0.717, 1.165) is 22.5 Å². The van der Waals surface area contributed by atoms with Crippen LogP contribution in [-0.2, 0) is 0 Å². The Morgan fingerprint density at radius 2 is 2.07 bits per heavy atom. The van der Waals surface area contributed by atoms with E-state index in [1.807, 2.05) is 31.3 Å². The van der Waals surface area contributed by atoms with Crippen molar-refractivity contribution in [1.82, 2.24) is 4.98 Å². The lowest BCUT2D eigenvalue weighted by atomic mass is 10.1. The summed E-state index contributed by atoms with van der Waals surface area (Å²) in [4.78, 5) is 4.47. The van der Waals surface area contributed by atoms with Crippen molar-refractivity contribution < 1.29 is 4.74 Å². The van der Waals surface area contributed by atoms with Crippen molar-refractivity contribution >= 4 is 16.7 Å². The summed E-state index contributed by atoms with van der Waals surface area (Å²) in [6.07, 6.45) is 0. The Labute approximate surface area is 89.1 Å². The number of nitrogens with zero attached hydrogens (tertiary/aromatic N) is 1. The van der Waals surface area contributed by atoms with Gasteiger partial charge in [-0.05, 0) is 30.7 Å². The Morgan fingerprint density at radius 3 is 2.73 bits per heavy atom. The lowest BCUT2D eigenvalue weighted by molar-refractivity contribution is 0.415. The van der Waals surface area contributed by atoms with Crippen molar-refractivity contribution in [2.75, 3.05) is 19.5 Å². The molecule has 0 aliphatic heterocycles. The lowest BCUT2D eigenvalue weighted by Crippen LogP contribution is -1.94. The molecule has 1 heterocycles. The second-order valence-corrected chi connectivity index (χ2v) is 3.46. The molecule has 78 valence electrons. The van der Waals surface area contributed by atoms with Crippen LogP contribution in [0, 0.1) is 6.92 Å². The van der Waals surface area contributed by atoms with Crippen LogP contribution in [0.25, 0.3) is 10.9 Å². The molecule has 2 rings (SSSR count). The summed E-state index contributed by atoms with van der Waals surface area (Å²) < 4.78 is 5.18. The van der Waals surface area contributed by atoms with Gasteiger partial charge >= 0.3 is 0 Å². The Morgan fingerprint density at radius 1 is 1.27 bits per heavy atom. The van der Waals surface area contributed by atoms with Crippen LogP contribution in [0.15, 0.2) is 24.3 Å². The molecule has 3 heteroatoms. The van der Waals surface area contributed by atoms with Gasteiger partial charge in [0.15, 0.2) is 0 Å². The molecule has 0 saturated heterocycles. The third-order valence-electron chi connectivity index (χ3n) is 2.48. The van der Waals surface area contributed by atoms with E-state index in [2.05, 4.69) is 17.2 Å². The van der Waals surface area contributed by atoms with E-state index in [1.54, 1.807) is 7.11 Å². The molecule has 1 aromatic heterocycles. The van der Waals surface area contributed by atoms with Gasteiger partial charge in [0.05, 0.1) is 12.6 Å². The van der Waals surface area contributed by atoms with Gasteiger partial charge in [-0.1, -0.05) is 0 Å². The lowest BCUT2D eigenvalue weighted by Gasteiger charge is -2.07. The standard InChI is InChI=1S/C12H14N2O/c1-8-6-12(13-2)14-11-7-9(15-3)4-5-10(8)11/h4-7H,1-3H3,(H,13,14). The summed E-state index contributed by atoms with van der Waals surface area (Å²) in [5.41, 5.74) is 2.17. The van der Waals surface area contributed by atoms with Crippen LogP contribution in [-0.4, -0.2) is 19.1 Å². The van der Waals surface area contributed by atoms with Crippen LogP contribution < -0.4 is 10.1 Å². The van der Waals surface area contributed by atoms with Crippen molar-refractivity contribution in [2.24, 2.45) is 0 Å². The van der Waals surface area contributed by atoms with E-state index >= 15 is 0 Å². The van der Waals surface area contributed by atoms with Gasteiger partial charge in [0.2, 0.25) is 0 Å². The molecule has 3 nitrogen and oxygen atoms in total. The number of fused-ring (bicyclic) bond motifs is 1. The molecule has 0 fully saturated rings. The zero-order valence-electron chi connectivity index (χ0n) is 9.16. The zero-order chi connectivity index (χ0) is 10.8. The number of pyridine rings is 1. The molecule has 0 spiro atoms. The first-order valence-electron chi connectivity index (χ1n) is 4.87. The Kier molecular flexibility index (Phi) is 2.46. The number of hydrogen-bond donors (Lipinski definition) is 1. The van der Waals surface area contributed by atoms with Crippen LogP contribution >= 0.6 is 0 Å². The first-order chi connectivity index (χ1) is 7.24. The van der Waals surface area contributed by atoms with E-state index < -0.39 is 0 Å². The molecular formula is C12H14N2O. The van der Waals surface area contributed by atoms with Crippen molar-refractivity contribution in [3.8, 4) is 5.75 Å². The first kappa shape index (κ1) is 9.77. The molecule has 0 aliphatic carbocycles. The number of aryl methyl sites for hydroxylation is 1. The third kappa shape index (κ3) is 1.73. The number of methoxy groups -OCH3 is 1. The second kappa shape index (κ2) is 3.77. The number of rotatable bonds is 2.